The molecule has 0 atom stereocenters. The van der Waals surface area contributed by atoms with Crippen molar-refractivity contribution in [3.63, 3.8) is 0 Å². The van der Waals surface area contributed by atoms with E-state index in [2.05, 4.69) is 20.6 Å². The number of halogens is 2. The van der Waals surface area contributed by atoms with Gasteiger partial charge in [-0.25, -0.2) is 14.4 Å². The molecule has 1 aliphatic heterocycles. The Morgan fingerprint density at radius 2 is 2.13 bits per heavy atom. The SMILES string of the molecule is Fc1ccc(Nc2ncnc3ccc4c(c23)OCCN4)cc1Cl. The lowest BCUT2D eigenvalue weighted by atomic mass is 10.1. The molecular formula is C16H12ClFN4O. The normalized spacial score (nSPS) is 13.1. The lowest BCUT2D eigenvalue weighted by Gasteiger charge is -2.21. The summed E-state index contributed by atoms with van der Waals surface area (Å²) in [5.74, 6) is 0.831. The zero-order chi connectivity index (χ0) is 15.8. The van der Waals surface area contributed by atoms with Crippen LogP contribution >= 0.6 is 11.6 Å². The van der Waals surface area contributed by atoms with Crippen LogP contribution in [0.15, 0.2) is 36.7 Å². The van der Waals surface area contributed by atoms with E-state index in [0.29, 0.717) is 23.9 Å². The zero-order valence-electron chi connectivity index (χ0n) is 11.9. The van der Waals surface area contributed by atoms with Crippen molar-refractivity contribution in [2.45, 2.75) is 0 Å². The summed E-state index contributed by atoms with van der Waals surface area (Å²) in [6, 6.07) is 8.26. The molecule has 23 heavy (non-hydrogen) atoms. The average Bonchev–Trinajstić information content (AvgIpc) is 2.58. The van der Waals surface area contributed by atoms with Crippen molar-refractivity contribution in [2.75, 3.05) is 23.8 Å². The van der Waals surface area contributed by atoms with Crippen molar-refractivity contribution < 1.29 is 9.13 Å². The molecule has 0 aliphatic carbocycles. The maximum Gasteiger partial charge on any atom is 0.155 e. The minimum Gasteiger partial charge on any atom is -0.489 e. The number of nitrogens with one attached hydrogen (secondary N) is 2. The van der Waals surface area contributed by atoms with Crippen LogP contribution in [0.3, 0.4) is 0 Å². The molecule has 0 radical (unpaired) electrons. The van der Waals surface area contributed by atoms with Crippen molar-refractivity contribution in [1.29, 1.82) is 0 Å². The minimum absolute atomic E-state index is 0.0494. The minimum atomic E-state index is -0.463. The van der Waals surface area contributed by atoms with Gasteiger partial charge in [-0.2, -0.15) is 0 Å². The summed E-state index contributed by atoms with van der Waals surface area (Å²) in [5.41, 5.74) is 2.30. The smallest absolute Gasteiger partial charge is 0.155 e. The number of ether oxygens (including phenoxy) is 1. The van der Waals surface area contributed by atoms with Gasteiger partial charge in [-0.1, -0.05) is 11.6 Å². The Morgan fingerprint density at radius 1 is 1.22 bits per heavy atom. The molecule has 0 fully saturated rings. The van der Waals surface area contributed by atoms with Crippen LogP contribution in [0, 0.1) is 5.82 Å². The third-order valence-electron chi connectivity index (χ3n) is 3.60. The highest BCUT2D eigenvalue weighted by atomic mass is 35.5. The maximum atomic E-state index is 13.3. The van der Waals surface area contributed by atoms with Crippen LogP contribution in [0.5, 0.6) is 5.75 Å². The summed E-state index contributed by atoms with van der Waals surface area (Å²) in [4.78, 5) is 8.57. The van der Waals surface area contributed by atoms with Gasteiger partial charge in [0.1, 0.15) is 24.6 Å². The van der Waals surface area contributed by atoms with Gasteiger partial charge in [0, 0.05) is 12.2 Å². The molecule has 0 spiro atoms. The van der Waals surface area contributed by atoms with E-state index in [0.717, 1.165) is 23.1 Å². The molecule has 5 nitrogen and oxygen atoms in total. The third kappa shape index (κ3) is 2.51. The summed E-state index contributed by atoms with van der Waals surface area (Å²) in [6.07, 6.45) is 1.47. The Balaban J connectivity index is 1.84. The highest BCUT2D eigenvalue weighted by Crippen LogP contribution is 2.39. The van der Waals surface area contributed by atoms with E-state index in [1.54, 1.807) is 6.07 Å². The Bertz CT molecular complexity index is 903. The predicted octanol–water partition coefficient (Wildman–Crippen LogP) is 3.97. The molecular weight excluding hydrogens is 319 g/mol. The molecule has 3 aromatic rings. The van der Waals surface area contributed by atoms with E-state index in [-0.39, 0.29) is 5.02 Å². The summed E-state index contributed by atoms with van der Waals surface area (Å²) >= 11 is 5.83. The van der Waals surface area contributed by atoms with Crippen molar-refractivity contribution >= 4 is 39.7 Å². The molecule has 4 rings (SSSR count). The monoisotopic (exact) mass is 330 g/mol. The summed E-state index contributed by atoms with van der Waals surface area (Å²) in [6.45, 7) is 1.32. The first-order valence-electron chi connectivity index (χ1n) is 7.09. The first-order chi connectivity index (χ1) is 11.2. The van der Waals surface area contributed by atoms with Crippen LogP contribution in [0.1, 0.15) is 0 Å². The first-order valence-corrected chi connectivity index (χ1v) is 7.46. The second kappa shape index (κ2) is 5.55. The van der Waals surface area contributed by atoms with Crippen LogP contribution in [-0.4, -0.2) is 23.1 Å². The number of aromatic nitrogens is 2. The first kappa shape index (κ1) is 14.0. The Kier molecular flexibility index (Phi) is 3.38. The largest absolute Gasteiger partial charge is 0.489 e. The van der Waals surface area contributed by atoms with Gasteiger partial charge in [0.25, 0.3) is 0 Å². The van der Waals surface area contributed by atoms with Crippen molar-refractivity contribution in [1.82, 2.24) is 9.97 Å². The molecule has 2 aromatic carbocycles. The standard InChI is InChI=1S/C16H12ClFN4O/c17-10-7-9(1-2-11(10)18)22-16-14-12(20-8-21-16)3-4-13-15(14)23-6-5-19-13/h1-4,7-8,19H,5-6H2,(H,20,21,22). The summed E-state index contributed by atoms with van der Waals surface area (Å²) in [7, 11) is 0. The number of rotatable bonds is 2. The van der Waals surface area contributed by atoms with Crippen LogP contribution in [0.2, 0.25) is 5.02 Å². The predicted molar refractivity (Wildman–Crippen MR) is 88.2 cm³/mol. The number of benzene rings is 2. The average molecular weight is 331 g/mol. The molecule has 7 heteroatoms. The zero-order valence-corrected chi connectivity index (χ0v) is 12.7. The van der Waals surface area contributed by atoms with Crippen LogP contribution in [0.4, 0.5) is 21.6 Å². The van der Waals surface area contributed by atoms with Gasteiger partial charge in [-0.05, 0) is 30.3 Å². The molecule has 0 saturated heterocycles. The van der Waals surface area contributed by atoms with E-state index in [9.17, 15) is 4.39 Å². The number of nitrogens with zero attached hydrogens (tertiary/aromatic N) is 2. The highest BCUT2D eigenvalue weighted by molar-refractivity contribution is 6.31. The summed E-state index contributed by atoms with van der Waals surface area (Å²) in [5, 5.41) is 7.26. The number of hydrogen-bond donors (Lipinski definition) is 2. The third-order valence-corrected chi connectivity index (χ3v) is 3.89. The molecule has 0 unspecified atom stereocenters. The molecule has 0 amide bonds. The molecule has 0 bridgehead atoms. The lowest BCUT2D eigenvalue weighted by molar-refractivity contribution is 0.327. The van der Waals surface area contributed by atoms with E-state index in [1.165, 1.54) is 18.5 Å². The number of anilines is 3. The lowest BCUT2D eigenvalue weighted by Crippen LogP contribution is -2.18. The van der Waals surface area contributed by atoms with Gasteiger partial charge in [-0.3, -0.25) is 0 Å². The van der Waals surface area contributed by atoms with Crippen LogP contribution in [0.25, 0.3) is 10.9 Å². The quantitative estimate of drug-likeness (QED) is 0.744. The van der Waals surface area contributed by atoms with Crippen molar-refractivity contribution in [2.24, 2.45) is 0 Å². The number of hydrogen-bond acceptors (Lipinski definition) is 5. The topological polar surface area (TPSA) is 59.1 Å². The van der Waals surface area contributed by atoms with Gasteiger partial charge in [-0.15, -0.1) is 0 Å². The fourth-order valence-corrected chi connectivity index (χ4v) is 2.74. The van der Waals surface area contributed by atoms with E-state index < -0.39 is 5.82 Å². The molecule has 2 N–H and O–H groups in total. The number of fused-ring (bicyclic) bond motifs is 3. The summed E-state index contributed by atoms with van der Waals surface area (Å²) < 4.78 is 19.1. The Morgan fingerprint density at radius 3 is 3.00 bits per heavy atom. The molecule has 0 saturated carbocycles. The van der Waals surface area contributed by atoms with Crippen LogP contribution < -0.4 is 15.4 Å². The van der Waals surface area contributed by atoms with E-state index in [1.807, 2.05) is 12.1 Å². The second-order valence-corrected chi connectivity index (χ2v) is 5.49. The van der Waals surface area contributed by atoms with Crippen LogP contribution in [-0.2, 0) is 0 Å². The van der Waals surface area contributed by atoms with Crippen molar-refractivity contribution in [3.05, 3.63) is 47.5 Å². The van der Waals surface area contributed by atoms with Gasteiger partial charge >= 0.3 is 0 Å². The fraction of sp³-hybridized carbons (Fsp3) is 0.125. The highest BCUT2D eigenvalue weighted by Gasteiger charge is 2.17. The van der Waals surface area contributed by atoms with Gasteiger partial charge in [0.2, 0.25) is 0 Å². The van der Waals surface area contributed by atoms with Crippen molar-refractivity contribution in [3.8, 4) is 5.75 Å². The van der Waals surface area contributed by atoms with Gasteiger partial charge in [0.15, 0.2) is 5.75 Å². The Hall–Kier alpha value is -2.60. The second-order valence-electron chi connectivity index (χ2n) is 5.09. The fourth-order valence-electron chi connectivity index (χ4n) is 2.56. The molecule has 1 aliphatic rings. The molecule has 1 aromatic heterocycles. The van der Waals surface area contributed by atoms with E-state index in [4.69, 9.17) is 16.3 Å². The Labute approximate surface area is 136 Å². The molecule has 116 valence electrons. The van der Waals surface area contributed by atoms with Gasteiger partial charge in [0.05, 0.1) is 21.6 Å². The van der Waals surface area contributed by atoms with E-state index >= 15 is 0 Å². The van der Waals surface area contributed by atoms with Gasteiger partial charge < -0.3 is 15.4 Å². The molecule has 2 heterocycles. The maximum absolute atomic E-state index is 13.3.